The van der Waals surface area contributed by atoms with Crippen molar-refractivity contribution in [2.45, 2.75) is 96.9 Å². The molecule has 10 heteroatoms. The van der Waals surface area contributed by atoms with Crippen molar-refractivity contribution in [2.24, 2.45) is 0 Å². The largest absolute Gasteiger partial charge is 0.478 e. The van der Waals surface area contributed by atoms with Gasteiger partial charge in [-0.25, -0.2) is 4.79 Å². The zero-order chi connectivity index (χ0) is 26.0. The van der Waals surface area contributed by atoms with Gasteiger partial charge in [-0.1, -0.05) is 32.9 Å². The van der Waals surface area contributed by atoms with E-state index in [2.05, 4.69) is 0 Å². The summed E-state index contributed by atoms with van der Waals surface area (Å²) in [6.45, 7) is 7.03. The number of hydrogen-bond donors (Lipinski definition) is 1. The molecule has 1 aliphatic heterocycles. The van der Waals surface area contributed by atoms with Crippen LogP contribution in [-0.2, 0) is 33.3 Å². The van der Waals surface area contributed by atoms with Crippen molar-refractivity contribution >= 4 is 23.9 Å². The molecule has 1 aromatic rings. The highest BCUT2D eigenvalue weighted by molar-refractivity contribution is 5.90. The monoisotopic (exact) mass is 494 g/mol. The fourth-order valence-corrected chi connectivity index (χ4v) is 3.61. The number of hydrogen-bond acceptors (Lipinski definition) is 9. The van der Waals surface area contributed by atoms with Gasteiger partial charge in [0, 0.05) is 19.3 Å². The molecule has 1 aliphatic rings. The number of esters is 3. The van der Waals surface area contributed by atoms with Crippen LogP contribution in [0.1, 0.15) is 76.6 Å². The van der Waals surface area contributed by atoms with E-state index in [1.54, 1.807) is 26.8 Å². The summed E-state index contributed by atoms with van der Waals surface area (Å²) in [4.78, 5) is 48.9. The zero-order valence-corrected chi connectivity index (χ0v) is 20.6. The van der Waals surface area contributed by atoms with Gasteiger partial charge < -0.3 is 28.8 Å². The molecular weight excluding hydrogens is 460 g/mol. The molecule has 0 radical (unpaired) electrons. The maximum absolute atomic E-state index is 12.5. The molecule has 5 atom stereocenters. The first kappa shape index (κ1) is 28.1. The number of carboxylic acids is 1. The Labute approximate surface area is 204 Å². The summed E-state index contributed by atoms with van der Waals surface area (Å²) in [5.74, 6) is -2.91. The Morgan fingerprint density at radius 1 is 0.800 bits per heavy atom. The molecule has 194 valence electrons. The van der Waals surface area contributed by atoms with E-state index in [1.165, 1.54) is 18.2 Å². The van der Waals surface area contributed by atoms with Crippen LogP contribution in [0.15, 0.2) is 24.3 Å². The molecule has 1 unspecified atom stereocenters. The number of benzene rings is 1. The first-order valence-electron chi connectivity index (χ1n) is 11.9. The van der Waals surface area contributed by atoms with Gasteiger partial charge in [0.05, 0.1) is 6.10 Å². The SMILES string of the molecule is CCCC(=O)O[C@@H]1[C@H](OC(=O)CCC)[C@H](C)OC(Oc2ccccc2C(=O)O)[C@H]1OC(=O)CCC. The van der Waals surface area contributed by atoms with E-state index in [1.807, 2.05) is 6.92 Å². The molecule has 10 nitrogen and oxygen atoms in total. The lowest BCUT2D eigenvalue weighted by Gasteiger charge is -2.43. The maximum atomic E-state index is 12.5. The number of aromatic carboxylic acids is 1. The van der Waals surface area contributed by atoms with Gasteiger partial charge in [-0.15, -0.1) is 0 Å². The molecule has 2 rings (SSSR count). The van der Waals surface area contributed by atoms with E-state index < -0.39 is 54.6 Å². The molecule has 1 fully saturated rings. The third-order valence-corrected chi connectivity index (χ3v) is 5.25. The van der Waals surface area contributed by atoms with E-state index in [4.69, 9.17) is 23.7 Å². The molecule has 1 heterocycles. The number of para-hydroxylation sites is 1. The normalized spacial score (nSPS) is 23.7. The second kappa shape index (κ2) is 13.7. The van der Waals surface area contributed by atoms with E-state index in [9.17, 15) is 24.3 Å². The van der Waals surface area contributed by atoms with Gasteiger partial charge in [-0.2, -0.15) is 0 Å². The van der Waals surface area contributed by atoms with Gasteiger partial charge in [0.15, 0.2) is 12.2 Å². The molecule has 35 heavy (non-hydrogen) atoms. The Hall–Kier alpha value is -3.14. The van der Waals surface area contributed by atoms with Gasteiger partial charge in [0.25, 0.3) is 0 Å². The van der Waals surface area contributed by atoms with Crippen molar-refractivity contribution in [1.29, 1.82) is 0 Å². The van der Waals surface area contributed by atoms with Crippen molar-refractivity contribution in [3.8, 4) is 5.75 Å². The van der Waals surface area contributed by atoms with Crippen molar-refractivity contribution < 1.29 is 48.0 Å². The molecule has 0 saturated carbocycles. The smallest absolute Gasteiger partial charge is 0.339 e. The summed E-state index contributed by atoms with van der Waals surface area (Å²) in [5.41, 5.74) is -0.126. The van der Waals surface area contributed by atoms with E-state index in [-0.39, 0.29) is 30.6 Å². The Morgan fingerprint density at radius 3 is 1.80 bits per heavy atom. The van der Waals surface area contributed by atoms with Crippen LogP contribution in [0.2, 0.25) is 0 Å². The van der Waals surface area contributed by atoms with Crippen LogP contribution in [0.25, 0.3) is 0 Å². The van der Waals surface area contributed by atoms with Crippen LogP contribution >= 0.6 is 0 Å². The Bertz CT molecular complexity index is 883. The fraction of sp³-hybridized carbons (Fsp3) is 0.600. The van der Waals surface area contributed by atoms with Crippen molar-refractivity contribution in [1.82, 2.24) is 0 Å². The first-order valence-corrected chi connectivity index (χ1v) is 11.9. The standard InChI is InChI=1S/C25H34O10/c1-5-10-18(26)33-21-15(4)31-25(32-17-14-9-8-13-16(17)24(29)30)23(35-20(28)12-7-3)22(21)34-19(27)11-6-2/h8-9,13-15,21-23,25H,5-7,10-12H2,1-4H3,(H,29,30)/t15-,21+,22+,23-,25?/m0/s1. The highest BCUT2D eigenvalue weighted by Gasteiger charge is 2.52. The molecule has 0 spiro atoms. The molecule has 0 amide bonds. The summed E-state index contributed by atoms with van der Waals surface area (Å²) in [6.07, 6.45) is -3.85. The van der Waals surface area contributed by atoms with Crippen LogP contribution in [0, 0.1) is 0 Å². The lowest BCUT2D eigenvalue weighted by Crippen LogP contribution is -2.62. The van der Waals surface area contributed by atoms with Gasteiger partial charge in [0.1, 0.15) is 11.3 Å². The third-order valence-electron chi connectivity index (χ3n) is 5.25. The van der Waals surface area contributed by atoms with Gasteiger partial charge in [-0.05, 0) is 38.3 Å². The zero-order valence-electron chi connectivity index (χ0n) is 20.6. The number of rotatable bonds is 12. The molecule has 1 saturated heterocycles. The highest BCUT2D eigenvalue weighted by Crippen LogP contribution is 2.32. The Morgan fingerprint density at radius 2 is 1.29 bits per heavy atom. The molecule has 0 aliphatic carbocycles. The summed E-state index contributed by atoms with van der Waals surface area (Å²) in [5, 5.41) is 9.52. The fourth-order valence-electron chi connectivity index (χ4n) is 3.61. The van der Waals surface area contributed by atoms with Crippen LogP contribution in [0.4, 0.5) is 0 Å². The van der Waals surface area contributed by atoms with Crippen LogP contribution in [0.3, 0.4) is 0 Å². The minimum absolute atomic E-state index is 0.0196. The molecule has 0 aromatic heterocycles. The predicted octanol–water partition coefficient (Wildman–Crippen LogP) is 3.64. The van der Waals surface area contributed by atoms with Crippen molar-refractivity contribution in [3.63, 3.8) is 0 Å². The average Bonchev–Trinajstić information content (AvgIpc) is 2.79. The summed E-state index contributed by atoms with van der Waals surface area (Å²) < 4.78 is 28.7. The average molecular weight is 495 g/mol. The minimum atomic E-state index is -1.33. The third kappa shape index (κ3) is 7.95. The van der Waals surface area contributed by atoms with Crippen molar-refractivity contribution in [2.75, 3.05) is 0 Å². The number of carbonyl (C=O) groups excluding carboxylic acids is 3. The Balaban J connectivity index is 2.46. The van der Waals surface area contributed by atoms with E-state index in [0.29, 0.717) is 19.3 Å². The molecule has 0 bridgehead atoms. The van der Waals surface area contributed by atoms with Crippen LogP contribution < -0.4 is 4.74 Å². The predicted molar refractivity (Wildman–Crippen MR) is 123 cm³/mol. The highest BCUT2D eigenvalue weighted by atomic mass is 16.7. The van der Waals surface area contributed by atoms with Gasteiger partial charge >= 0.3 is 23.9 Å². The maximum Gasteiger partial charge on any atom is 0.339 e. The molecular formula is C25H34O10. The number of carbonyl (C=O) groups is 4. The van der Waals surface area contributed by atoms with Crippen LogP contribution in [0.5, 0.6) is 5.75 Å². The number of ether oxygens (including phenoxy) is 5. The Kier molecular flexibility index (Phi) is 11.0. The summed E-state index contributed by atoms with van der Waals surface area (Å²) >= 11 is 0. The lowest BCUT2D eigenvalue weighted by atomic mass is 9.98. The second-order valence-corrected chi connectivity index (χ2v) is 8.24. The second-order valence-electron chi connectivity index (χ2n) is 8.24. The number of carboxylic acid groups (broad SMARTS) is 1. The van der Waals surface area contributed by atoms with Gasteiger partial charge in [-0.3, -0.25) is 14.4 Å². The minimum Gasteiger partial charge on any atom is -0.478 e. The van der Waals surface area contributed by atoms with Gasteiger partial charge in [0.2, 0.25) is 12.4 Å². The van der Waals surface area contributed by atoms with E-state index in [0.717, 1.165) is 0 Å². The van der Waals surface area contributed by atoms with E-state index >= 15 is 0 Å². The topological polar surface area (TPSA) is 135 Å². The summed E-state index contributed by atoms with van der Waals surface area (Å²) in [6, 6.07) is 5.92. The molecule has 1 N–H and O–H groups in total. The summed E-state index contributed by atoms with van der Waals surface area (Å²) in [7, 11) is 0. The van der Waals surface area contributed by atoms with Crippen LogP contribution in [-0.4, -0.2) is 59.7 Å². The van der Waals surface area contributed by atoms with Crippen molar-refractivity contribution in [3.05, 3.63) is 29.8 Å². The molecule has 1 aromatic carbocycles. The first-order chi connectivity index (χ1) is 16.7. The quantitative estimate of drug-likeness (QED) is 0.339. The lowest BCUT2D eigenvalue weighted by molar-refractivity contribution is -0.281.